The zero-order valence-electron chi connectivity index (χ0n) is 10.6. The van der Waals surface area contributed by atoms with E-state index >= 15 is 0 Å². The first-order valence-corrected chi connectivity index (χ1v) is 6.48. The molecule has 0 aromatic carbocycles. The predicted octanol–water partition coefficient (Wildman–Crippen LogP) is 2.52. The molecule has 0 radical (unpaired) electrons. The number of unbranched alkanes of at least 4 members (excludes halogenated alkanes) is 1. The first-order chi connectivity index (χ1) is 7.16. The van der Waals surface area contributed by atoms with E-state index in [-0.39, 0.29) is 0 Å². The Hall–Kier alpha value is -0.0800. The molecule has 1 aliphatic rings. The van der Waals surface area contributed by atoms with Gasteiger partial charge in [0.15, 0.2) is 0 Å². The molecule has 0 aliphatic heterocycles. The predicted molar refractivity (Wildman–Crippen MR) is 64.9 cm³/mol. The Kier molecular flexibility index (Phi) is 5.62. The van der Waals surface area contributed by atoms with Crippen LogP contribution in [0, 0.1) is 11.8 Å². The monoisotopic (exact) mass is 213 g/mol. The van der Waals surface area contributed by atoms with Gasteiger partial charge in [-0.2, -0.15) is 0 Å². The van der Waals surface area contributed by atoms with E-state index in [1.165, 1.54) is 19.3 Å². The number of nitrogens with zero attached hydrogens (tertiary/aromatic N) is 1. The van der Waals surface area contributed by atoms with Gasteiger partial charge in [0.2, 0.25) is 0 Å². The van der Waals surface area contributed by atoms with Gasteiger partial charge in [0.25, 0.3) is 0 Å². The van der Waals surface area contributed by atoms with Crippen molar-refractivity contribution in [2.75, 3.05) is 20.2 Å². The van der Waals surface area contributed by atoms with Gasteiger partial charge in [-0.05, 0) is 51.1 Å². The molecule has 0 spiro atoms. The lowest BCUT2D eigenvalue weighted by Crippen LogP contribution is -2.44. The summed E-state index contributed by atoms with van der Waals surface area (Å²) in [4.78, 5) is 2.52. The highest BCUT2D eigenvalue weighted by Crippen LogP contribution is 2.32. The van der Waals surface area contributed by atoms with Crippen molar-refractivity contribution in [3.63, 3.8) is 0 Å². The molecule has 1 rings (SSSR count). The maximum atomic E-state index is 8.77. The fourth-order valence-corrected chi connectivity index (χ4v) is 3.16. The number of aliphatic hydroxyl groups excluding tert-OH is 1. The van der Waals surface area contributed by atoms with Crippen molar-refractivity contribution >= 4 is 0 Å². The number of hydrogen-bond acceptors (Lipinski definition) is 2. The van der Waals surface area contributed by atoms with Crippen LogP contribution in [0.5, 0.6) is 0 Å². The minimum Gasteiger partial charge on any atom is -0.396 e. The third-order valence-electron chi connectivity index (χ3n) is 3.91. The molecule has 2 unspecified atom stereocenters. The maximum absolute atomic E-state index is 8.77. The molecule has 0 aromatic rings. The van der Waals surface area contributed by atoms with Crippen molar-refractivity contribution in [1.82, 2.24) is 4.90 Å². The molecular weight excluding hydrogens is 186 g/mol. The second-order valence-electron chi connectivity index (χ2n) is 5.29. The van der Waals surface area contributed by atoms with E-state index in [4.69, 9.17) is 5.11 Å². The second kappa shape index (κ2) is 6.49. The highest BCUT2D eigenvalue weighted by atomic mass is 16.2. The van der Waals surface area contributed by atoms with Gasteiger partial charge in [-0.3, -0.25) is 0 Å². The lowest BCUT2D eigenvalue weighted by Gasteiger charge is -2.41. The summed E-state index contributed by atoms with van der Waals surface area (Å²) in [7, 11) is 2.25. The molecule has 0 aromatic heterocycles. The topological polar surface area (TPSA) is 23.5 Å². The zero-order chi connectivity index (χ0) is 11.3. The Morgan fingerprint density at radius 3 is 2.27 bits per heavy atom. The Morgan fingerprint density at radius 1 is 1.13 bits per heavy atom. The third kappa shape index (κ3) is 3.76. The van der Waals surface area contributed by atoms with Crippen LogP contribution in [0.15, 0.2) is 0 Å². The van der Waals surface area contributed by atoms with Crippen molar-refractivity contribution in [2.24, 2.45) is 11.8 Å². The molecule has 1 N–H and O–H groups in total. The van der Waals surface area contributed by atoms with Crippen molar-refractivity contribution in [3.05, 3.63) is 0 Å². The summed E-state index contributed by atoms with van der Waals surface area (Å²) in [5, 5.41) is 8.77. The fraction of sp³-hybridized carbons (Fsp3) is 1.00. The first-order valence-electron chi connectivity index (χ1n) is 6.48. The van der Waals surface area contributed by atoms with Gasteiger partial charge in [-0.1, -0.05) is 20.3 Å². The van der Waals surface area contributed by atoms with Gasteiger partial charge < -0.3 is 10.0 Å². The lowest BCUT2D eigenvalue weighted by atomic mass is 9.78. The van der Waals surface area contributed by atoms with Gasteiger partial charge in [0.05, 0.1) is 0 Å². The van der Waals surface area contributed by atoms with E-state index in [1.807, 2.05) is 0 Å². The highest BCUT2D eigenvalue weighted by Gasteiger charge is 2.30. The van der Waals surface area contributed by atoms with Crippen LogP contribution in [0.2, 0.25) is 0 Å². The van der Waals surface area contributed by atoms with Crippen molar-refractivity contribution < 1.29 is 5.11 Å². The van der Waals surface area contributed by atoms with Crippen molar-refractivity contribution in [3.8, 4) is 0 Å². The SMILES string of the molecule is CC1CCCC(C)C1N(C)CCCCO. The average Bonchev–Trinajstić information content (AvgIpc) is 2.18. The lowest BCUT2D eigenvalue weighted by molar-refractivity contribution is 0.0887. The molecule has 2 nitrogen and oxygen atoms in total. The quantitative estimate of drug-likeness (QED) is 0.709. The number of aliphatic hydroxyl groups is 1. The summed E-state index contributed by atoms with van der Waals surface area (Å²) in [5.74, 6) is 1.68. The molecule has 1 saturated carbocycles. The standard InChI is InChI=1S/C13H27NO/c1-11-7-6-8-12(2)13(11)14(3)9-4-5-10-15/h11-13,15H,4-10H2,1-3H3. The van der Waals surface area contributed by atoms with Gasteiger partial charge in [-0.25, -0.2) is 0 Å². The molecule has 15 heavy (non-hydrogen) atoms. The van der Waals surface area contributed by atoms with E-state index in [2.05, 4.69) is 25.8 Å². The van der Waals surface area contributed by atoms with Crippen LogP contribution in [-0.2, 0) is 0 Å². The fourth-order valence-electron chi connectivity index (χ4n) is 3.16. The average molecular weight is 213 g/mol. The van der Waals surface area contributed by atoms with Crippen LogP contribution in [-0.4, -0.2) is 36.2 Å². The van der Waals surface area contributed by atoms with Crippen molar-refractivity contribution in [2.45, 2.75) is 52.0 Å². The summed E-state index contributed by atoms with van der Waals surface area (Å²) >= 11 is 0. The van der Waals surface area contributed by atoms with Crippen LogP contribution < -0.4 is 0 Å². The van der Waals surface area contributed by atoms with Gasteiger partial charge in [0.1, 0.15) is 0 Å². The molecule has 0 amide bonds. The van der Waals surface area contributed by atoms with Crippen LogP contribution in [0.25, 0.3) is 0 Å². The van der Waals surface area contributed by atoms with Crippen molar-refractivity contribution in [1.29, 1.82) is 0 Å². The minimum absolute atomic E-state index is 0.337. The van der Waals surface area contributed by atoms with Gasteiger partial charge in [0, 0.05) is 12.6 Å². The number of hydrogen-bond donors (Lipinski definition) is 1. The Balaban J connectivity index is 2.37. The van der Waals surface area contributed by atoms with Gasteiger partial charge in [-0.15, -0.1) is 0 Å². The minimum atomic E-state index is 0.337. The summed E-state index contributed by atoms with van der Waals surface area (Å²) in [6.45, 7) is 6.26. The van der Waals surface area contributed by atoms with E-state index in [0.29, 0.717) is 6.61 Å². The third-order valence-corrected chi connectivity index (χ3v) is 3.91. The van der Waals surface area contributed by atoms with E-state index in [0.717, 1.165) is 37.3 Å². The zero-order valence-corrected chi connectivity index (χ0v) is 10.6. The smallest absolute Gasteiger partial charge is 0.0431 e. The Morgan fingerprint density at radius 2 is 1.73 bits per heavy atom. The Labute approximate surface area is 94.7 Å². The molecule has 2 heteroatoms. The molecule has 2 atom stereocenters. The van der Waals surface area contributed by atoms with Crippen LogP contribution in [0.4, 0.5) is 0 Å². The van der Waals surface area contributed by atoms with E-state index < -0.39 is 0 Å². The molecule has 1 aliphatic carbocycles. The summed E-state index contributed by atoms with van der Waals surface area (Å²) in [6.07, 6.45) is 6.25. The molecule has 0 saturated heterocycles. The summed E-state index contributed by atoms with van der Waals surface area (Å²) < 4.78 is 0. The summed E-state index contributed by atoms with van der Waals surface area (Å²) in [6, 6.07) is 0.762. The van der Waals surface area contributed by atoms with Crippen LogP contribution in [0.3, 0.4) is 0 Å². The normalized spacial score (nSPS) is 32.2. The maximum Gasteiger partial charge on any atom is 0.0431 e. The first kappa shape index (κ1) is 13.0. The molecule has 0 bridgehead atoms. The summed E-state index contributed by atoms with van der Waals surface area (Å²) in [5.41, 5.74) is 0. The van der Waals surface area contributed by atoms with E-state index in [1.54, 1.807) is 0 Å². The molecule has 1 fully saturated rings. The largest absolute Gasteiger partial charge is 0.396 e. The van der Waals surface area contributed by atoms with Crippen LogP contribution >= 0.6 is 0 Å². The molecular formula is C13H27NO. The van der Waals surface area contributed by atoms with Gasteiger partial charge >= 0.3 is 0 Å². The molecule has 0 heterocycles. The number of rotatable bonds is 5. The second-order valence-corrected chi connectivity index (χ2v) is 5.29. The molecule has 90 valence electrons. The van der Waals surface area contributed by atoms with E-state index in [9.17, 15) is 0 Å². The Bertz CT molecular complexity index is 162. The highest BCUT2D eigenvalue weighted by molar-refractivity contribution is 4.84. The van der Waals surface area contributed by atoms with Crippen LogP contribution in [0.1, 0.15) is 46.0 Å².